The summed E-state index contributed by atoms with van der Waals surface area (Å²) in [6.45, 7) is 4.26. The van der Waals surface area contributed by atoms with Crippen molar-refractivity contribution >= 4 is 22.8 Å². The molecule has 1 atom stereocenters. The number of hydrogen-bond donors (Lipinski definition) is 3. The first-order chi connectivity index (χ1) is 11.6. The van der Waals surface area contributed by atoms with Gasteiger partial charge in [-0.15, -0.1) is 0 Å². The second-order valence-electron chi connectivity index (χ2n) is 6.29. The van der Waals surface area contributed by atoms with Crippen LogP contribution in [0.15, 0.2) is 54.6 Å². The van der Waals surface area contributed by atoms with Crippen LogP contribution in [0.5, 0.6) is 0 Å². The zero-order chi connectivity index (χ0) is 16.9. The summed E-state index contributed by atoms with van der Waals surface area (Å²) >= 11 is 0. The number of nitrogens with one attached hydrogen (secondary N) is 3. The number of aromatic amines is 1. The van der Waals surface area contributed by atoms with Crippen molar-refractivity contribution in [2.75, 3.05) is 5.32 Å². The molecule has 0 saturated heterocycles. The number of aromatic nitrogens is 2. The number of imidazole rings is 1. The van der Waals surface area contributed by atoms with E-state index >= 15 is 0 Å². The van der Waals surface area contributed by atoms with Crippen LogP contribution in [0.4, 0.5) is 10.5 Å². The first-order valence-electron chi connectivity index (χ1n) is 8.19. The summed E-state index contributed by atoms with van der Waals surface area (Å²) in [5, 5.41) is 5.89. The van der Waals surface area contributed by atoms with Crippen LogP contribution in [0.1, 0.15) is 32.1 Å². The number of hydrogen-bond acceptors (Lipinski definition) is 2. The van der Waals surface area contributed by atoms with E-state index in [1.807, 2.05) is 54.6 Å². The van der Waals surface area contributed by atoms with Crippen LogP contribution in [0, 0.1) is 5.92 Å². The number of nitrogens with zero attached hydrogens (tertiary/aromatic N) is 1. The monoisotopic (exact) mass is 322 g/mol. The first kappa shape index (κ1) is 16.1. The summed E-state index contributed by atoms with van der Waals surface area (Å²) in [4.78, 5) is 20.3. The van der Waals surface area contributed by atoms with Crippen molar-refractivity contribution in [2.45, 2.75) is 26.3 Å². The standard InChI is InChI=1S/C19H22N4O/c1-13(2)12-17(18-21-15-10-6-7-11-16(15)22-18)23-19(24)20-14-8-4-3-5-9-14/h3-11,13,17H,12H2,1-2H3,(H,21,22)(H2,20,23,24)/t17-/m1/s1. The van der Waals surface area contributed by atoms with Gasteiger partial charge in [-0.3, -0.25) is 0 Å². The van der Waals surface area contributed by atoms with E-state index in [0.717, 1.165) is 29.0 Å². The van der Waals surface area contributed by atoms with Crippen LogP contribution < -0.4 is 10.6 Å². The Morgan fingerprint density at radius 3 is 2.50 bits per heavy atom. The molecule has 124 valence electrons. The van der Waals surface area contributed by atoms with E-state index in [0.29, 0.717) is 5.92 Å². The Balaban J connectivity index is 1.77. The van der Waals surface area contributed by atoms with E-state index in [4.69, 9.17) is 0 Å². The summed E-state index contributed by atoms with van der Waals surface area (Å²) in [6, 6.07) is 16.9. The minimum Gasteiger partial charge on any atom is -0.340 e. The number of rotatable bonds is 5. The first-order valence-corrected chi connectivity index (χ1v) is 8.19. The van der Waals surface area contributed by atoms with Gasteiger partial charge >= 0.3 is 6.03 Å². The van der Waals surface area contributed by atoms with Crippen LogP contribution in [-0.4, -0.2) is 16.0 Å². The maximum Gasteiger partial charge on any atom is 0.319 e. The molecule has 2 aromatic carbocycles. The van der Waals surface area contributed by atoms with E-state index < -0.39 is 0 Å². The summed E-state index contributed by atoms with van der Waals surface area (Å²) in [5.74, 6) is 1.22. The zero-order valence-electron chi connectivity index (χ0n) is 13.9. The third-order valence-electron chi connectivity index (χ3n) is 3.78. The fraction of sp³-hybridized carbons (Fsp3) is 0.263. The molecule has 0 aliphatic heterocycles. The number of para-hydroxylation sites is 3. The van der Waals surface area contributed by atoms with Crippen LogP contribution >= 0.6 is 0 Å². The molecule has 0 bridgehead atoms. The van der Waals surface area contributed by atoms with Crippen LogP contribution in [0.2, 0.25) is 0 Å². The molecule has 2 amide bonds. The second-order valence-corrected chi connectivity index (χ2v) is 6.29. The molecule has 0 aliphatic rings. The number of benzene rings is 2. The summed E-state index contributed by atoms with van der Waals surface area (Å²) in [7, 11) is 0. The Morgan fingerprint density at radius 1 is 1.08 bits per heavy atom. The Bertz CT molecular complexity index is 777. The molecule has 5 heteroatoms. The molecule has 0 aliphatic carbocycles. The SMILES string of the molecule is CC(C)C[C@@H](NC(=O)Nc1ccccc1)c1nc2ccccc2[nH]1. The predicted molar refractivity (Wildman–Crippen MR) is 96.9 cm³/mol. The van der Waals surface area contributed by atoms with Gasteiger partial charge < -0.3 is 15.6 Å². The van der Waals surface area contributed by atoms with Gasteiger partial charge in [-0.2, -0.15) is 0 Å². The summed E-state index contributed by atoms with van der Waals surface area (Å²) in [5.41, 5.74) is 2.65. The van der Waals surface area contributed by atoms with Gasteiger partial charge in [0.05, 0.1) is 17.1 Å². The highest BCUT2D eigenvalue weighted by Gasteiger charge is 2.19. The second kappa shape index (κ2) is 7.17. The zero-order valence-corrected chi connectivity index (χ0v) is 13.9. The molecule has 1 aromatic heterocycles. The molecule has 0 saturated carbocycles. The van der Waals surface area contributed by atoms with E-state index in [-0.39, 0.29) is 12.1 Å². The highest BCUT2D eigenvalue weighted by Crippen LogP contribution is 2.22. The molecule has 3 aromatic rings. The minimum atomic E-state index is -0.229. The van der Waals surface area contributed by atoms with Crippen LogP contribution in [0.3, 0.4) is 0 Å². The molecule has 0 fully saturated rings. The Morgan fingerprint density at radius 2 is 1.79 bits per heavy atom. The molecule has 0 spiro atoms. The smallest absolute Gasteiger partial charge is 0.319 e. The number of carbonyl (C=O) groups is 1. The number of amides is 2. The molecule has 5 nitrogen and oxygen atoms in total. The lowest BCUT2D eigenvalue weighted by atomic mass is 10.0. The van der Waals surface area contributed by atoms with Gasteiger partial charge in [0.25, 0.3) is 0 Å². The van der Waals surface area contributed by atoms with E-state index in [1.165, 1.54) is 0 Å². The highest BCUT2D eigenvalue weighted by molar-refractivity contribution is 5.89. The average Bonchev–Trinajstić information content (AvgIpc) is 2.98. The normalized spacial score (nSPS) is 12.3. The Hall–Kier alpha value is -2.82. The number of anilines is 1. The molecule has 24 heavy (non-hydrogen) atoms. The van der Waals surface area contributed by atoms with Gasteiger partial charge in [0.1, 0.15) is 5.82 Å². The predicted octanol–water partition coefficient (Wildman–Crippen LogP) is 4.47. The largest absolute Gasteiger partial charge is 0.340 e. The fourth-order valence-electron chi connectivity index (χ4n) is 2.69. The van der Waals surface area contributed by atoms with Crippen molar-refractivity contribution in [1.29, 1.82) is 0 Å². The lowest BCUT2D eigenvalue weighted by molar-refractivity contribution is 0.246. The highest BCUT2D eigenvalue weighted by atomic mass is 16.2. The third kappa shape index (κ3) is 3.93. The van der Waals surface area contributed by atoms with Crippen molar-refractivity contribution in [1.82, 2.24) is 15.3 Å². The molecule has 0 unspecified atom stereocenters. The van der Waals surface area contributed by atoms with Gasteiger partial charge in [0.15, 0.2) is 0 Å². The van der Waals surface area contributed by atoms with Gasteiger partial charge in [0.2, 0.25) is 0 Å². The molecular formula is C19H22N4O. The van der Waals surface area contributed by atoms with E-state index in [2.05, 4.69) is 34.4 Å². The van der Waals surface area contributed by atoms with Crippen molar-refractivity contribution in [3.05, 3.63) is 60.4 Å². The molecular weight excluding hydrogens is 300 g/mol. The van der Waals surface area contributed by atoms with Gasteiger partial charge in [-0.25, -0.2) is 9.78 Å². The lowest BCUT2D eigenvalue weighted by Crippen LogP contribution is -2.33. The van der Waals surface area contributed by atoms with Gasteiger partial charge in [-0.1, -0.05) is 44.2 Å². The van der Waals surface area contributed by atoms with E-state index in [1.54, 1.807) is 0 Å². The molecule has 0 radical (unpaired) electrons. The van der Waals surface area contributed by atoms with Gasteiger partial charge in [0, 0.05) is 5.69 Å². The third-order valence-corrected chi connectivity index (χ3v) is 3.78. The summed E-state index contributed by atoms with van der Waals surface area (Å²) < 4.78 is 0. The van der Waals surface area contributed by atoms with Crippen molar-refractivity contribution in [2.24, 2.45) is 5.92 Å². The maximum atomic E-state index is 12.3. The van der Waals surface area contributed by atoms with Crippen molar-refractivity contribution in [3.63, 3.8) is 0 Å². The maximum absolute atomic E-state index is 12.3. The molecule has 3 N–H and O–H groups in total. The molecule has 3 rings (SSSR count). The Labute approximate surface area is 141 Å². The number of urea groups is 1. The quantitative estimate of drug-likeness (QED) is 0.648. The fourth-order valence-corrected chi connectivity index (χ4v) is 2.69. The lowest BCUT2D eigenvalue weighted by Gasteiger charge is -2.19. The summed E-state index contributed by atoms with van der Waals surface area (Å²) in [6.07, 6.45) is 0.808. The van der Waals surface area contributed by atoms with Crippen LogP contribution in [-0.2, 0) is 0 Å². The minimum absolute atomic E-state index is 0.166. The van der Waals surface area contributed by atoms with Gasteiger partial charge in [-0.05, 0) is 36.6 Å². The van der Waals surface area contributed by atoms with Crippen LogP contribution in [0.25, 0.3) is 11.0 Å². The van der Waals surface area contributed by atoms with E-state index in [9.17, 15) is 4.79 Å². The average molecular weight is 322 g/mol. The van der Waals surface area contributed by atoms with Crippen molar-refractivity contribution < 1.29 is 4.79 Å². The van der Waals surface area contributed by atoms with Crippen molar-refractivity contribution in [3.8, 4) is 0 Å². The topological polar surface area (TPSA) is 69.8 Å². The number of H-pyrrole nitrogens is 1. The number of fused-ring (bicyclic) bond motifs is 1. The molecule has 1 heterocycles. The Kier molecular flexibility index (Phi) is 4.79. The number of carbonyl (C=O) groups excluding carboxylic acids is 1.